The molecular weight excluding hydrogens is 410 g/mol. The third-order valence-corrected chi connectivity index (χ3v) is 6.76. The van der Waals surface area contributed by atoms with Crippen LogP contribution < -0.4 is 10.2 Å². The first-order chi connectivity index (χ1) is 15.0. The van der Waals surface area contributed by atoms with Gasteiger partial charge in [0.05, 0.1) is 12.1 Å². The number of aldehydes is 1. The normalized spacial score (nSPS) is 21.2. The lowest BCUT2D eigenvalue weighted by Crippen LogP contribution is -2.58. The molecule has 7 heteroatoms. The monoisotopic (exact) mass is 441 g/mol. The summed E-state index contributed by atoms with van der Waals surface area (Å²) < 4.78 is 0. The van der Waals surface area contributed by atoms with E-state index in [4.69, 9.17) is 11.6 Å². The third-order valence-electron chi connectivity index (χ3n) is 6.51. The van der Waals surface area contributed by atoms with Crippen molar-refractivity contribution in [3.8, 4) is 0 Å². The van der Waals surface area contributed by atoms with Gasteiger partial charge in [-0.1, -0.05) is 30.7 Å². The van der Waals surface area contributed by atoms with Gasteiger partial charge >= 0.3 is 0 Å². The number of fused-ring (bicyclic) bond motifs is 1. The number of halogens is 1. The molecule has 1 fully saturated rings. The number of nitrogens with one attached hydrogen (secondary N) is 1. The van der Waals surface area contributed by atoms with Crippen molar-refractivity contribution >= 4 is 23.7 Å². The zero-order chi connectivity index (χ0) is 22.0. The molecule has 2 aromatic rings. The van der Waals surface area contributed by atoms with E-state index < -0.39 is 0 Å². The highest BCUT2D eigenvalue weighted by Gasteiger charge is 2.33. The molecule has 31 heavy (non-hydrogen) atoms. The van der Waals surface area contributed by atoms with Gasteiger partial charge in [0.15, 0.2) is 0 Å². The molecule has 4 rings (SSSR count). The predicted octanol–water partition coefficient (Wildman–Crippen LogP) is 3.61. The first kappa shape index (κ1) is 22.2. The number of aryl methyl sites for hydroxylation is 1. The summed E-state index contributed by atoms with van der Waals surface area (Å²) in [5, 5.41) is 4.32. The van der Waals surface area contributed by atoms with Crippen LogP contribution in [-0.4, -0.2) is 59.5 Å². The average molecular weight is 442 g/mol. The summed E-state index contributed by atoms with van der Waals surface area (Å²) in [6.07, 6.45) is 4.92. The Hall–Kier alpha value is -2.02. The van der Waals surface area contributed by atoms with Gasteiger partial charge in [0.2, 0.25) is 0 Å². The van der Waals surface area contributed by atoms with E-state index in [-0.39, 0.29) is 18.1 Å². The van der Waals surface area contributed by atoms with E-state index in [0.717, 1.165) is 56.7 Å². The molecule has 2 heterocycles. The minimum absolute atomic E-state index is 0.0594. The van der Waals surface area contributed by atoms with E-state index in [1.54, 1.807) is 6.33 Å². The second-order valence-electron chi connectivity index (χ2n) is 9.00. The van der Waals surface area contributed by atoms with Crippen molar-refractivity contribution in [3.05, 3.63) is 52.4 Å². The van der Waals surface area contributed by atoms with Crippen molar-refractivity contribution in [3.63, 3.8) is 0 Å². The van der Waals surface area contributed by atoms with Crippen LogP contribution in [0.15, 0.2) is 30.6 Å². The quantitative estimate of drug-likeness (QED) is 0.662. The van der Waals surface area contributed by atoms with Crippen molar-refractivity contribution in [1.29, 1.82) is 0 Å². The minimum Gasteiger partial charge on any atom is -0.354 e. The van der Waals surface area contributed by atoms with Gasteiger partial charge in [-0.15, -0.1) is 0 Å². The molecule has 166 valence electrons. The SMILES string of the molecule is CC(C)NC(C(C=O)c1ccc(Cl)cc1)N1CCN(c2ncnc3c2[C@H](C)CC3)CC1. The van der Waals surface area contributed by atoms with Crippen LogP contribution in [0.3, 0.4) is 0 Å². The zero-order valence-corrected chi connectivity index (χ0v) is 19.3. The fourth-order valence-electron chi connectivity index (χ4n) is 4.88. The minimum atomic E-state index is -0.255. The summed E-state index contributed by atoms with van der Waals surface area (Å²) in [5.41, 5.74) is 3.53. The fraction of sp³-hybridized carbons (Fsp3) is 0.542. The molecular formula is C24H32ClN5O. The maximum atomic E-state index is 12.2. The molecule has 1 aliphatic carbocycles. The maximum Gasteiger partial charge on any atom is 0.135 e. The Morgan fingerprint density at radius 3 is 2.48 bits per heavy atom. The molecule has 3 atom stereocenters. The Balaban J connectivity index is 1.51. The van der Waals surface area contributed by atoms with Gasteiger partial charge in [-0.3, -0.25) is 10.2 Å². The molecule has 6 nitrogen and oxygen atoms in total. The van der Waals surface area contributed by atoms with Crippen LogP contribution in [0.4, 0.5) is 5.82 Å². The largest absolute Gasteiger partial charge is 0.354 e. The van der Waals surface area contributed by atoms with Crippen molar-refractivity contribution in [2.75, 3.05) is 31.1 Å². The smallest absolute Gasteiger partial charge is 0.135 e. The zero-order valence-electron chi connectivity index (χ0n) is 18.6. The van der Waals surface area contributed by atoms with Crippen molar-refractivity contribution in [2.45, 2.75) is 57.7 Å². The van der Waals surface area contributed by atoms with E-state index in [9.17, 15) is 4.79 Å². The Bertz CT molecular complexity index is 895. The van der Waals surface area contributed by atoms with Gasteiger partial charge in [0, 0.05) is 48.5 Å². The first-order valence-corrected chi connectivity index (χ1v) is 11.6. The van der Waals surface area contributed by atoms with Gasteiger partial charge in [-0.25, -0.2) is 9.97 Å². The Kier molecular flexibility index (Phi) is 6.89. The van der Waals surface area contributed by atoms with E-state index in [0.29, 0.717) is 10.9 Å². The number of nitrogens with zero attached hydrogens (tertiary/aromatic N) is 4. The standard InChI is InChI=1S/C24H32ClN5O/c1-16(2)28-23(20(14-31)18-5-7-19(25)8-6-18)29-10-12-30(13-11-29)24-22-17(3)4-9-21(22)26-15-27-24/h5-8,14-17,20,23,28H,4,9-13H2,1-3H3/t17-,20?,23?/m1/s1. The van der Waals surface area contributed by atoms with Crippen LogP contribution in [0, 0.1) is 0 Å². The van der Waals surface area contributed by atoms with Gasteiger partial charge < -0.3 is 9.69 Å². The van der Waals surface area contributed by atoms with Crippen molar-refractivity contribution in [1.82, 2.24) is 20.2 Å². The highest BCUT2D eigenvalue weighted by Crippen LogP contribution is 2.37. The van der Waals surface area contributed by atoms with E-state index in [1.165, 1.54) is 11.3 Å². The molecule has 1 N–H and O–H groups in total. The van der Waals surface area contributed by atoms with Crippen LogP contribution in [0.1, 0.15) is 55.8 Å². The number of carbonyl (C=O) groups is 1. The van der Waals surface area contributed by atoms with Crippen LogP contribution in [0.2, 0.25) is 5.02 Å². The van der Waals surface area contributed by atoms with Gasteiger partial charge in [0.1, 0.15) is 18.4 Å². The Morgan fingerprint density at radius 1 is 1.13 bits per heavy atom. The topological polar surface area (TPSA) is 61.4 Å². The highest BCUT2D eigenvalue weighted by molar-refractivity contribution is 6.30. The second-order valence-corrected chi connectivity index (χ2v) is 9.44. The van der Waals surface area contributed by atoms with E-state index in [2.05, 4.69) is 45.9 Å². The summed E-state index contributed by atoms with van der Waals surface area (Å²) >= 11 is 6.07. The molecule has 1 aromatic heterocycles. The Morgan fingerprint density at radius 2 is 1.84 bits per heavy atom. The third kappa shape index (κ3) is 4.76. The van der Waals surface area contributed by atoms with Crippen LogP contribution in [-0.2, 0) is 11.2 Å². The molecule has 0 radical (unpaired) electrons. The number of rotatable bonds is 7. The number of aromatic nitrogens is 2. The van der Waals surface area contributed by atoms with Crippen molar-refractivity contribution in [2.24, 2.45) is 0 Å². The summed E-state index contributed by atoms with van der Waals surface area (Å²) in [6.45, 7) is 10.0. The van der Waals surface area contributed by atoms with E-state index in [1.807, 2.05) is 24.3 Å². The number of anilines is 1. The molecule has 0 bridgehead atoms. The van der Waals surface area contributed by atoms with Gasteiger partial charge in [-0.05, 0) is 50.3 Å². The lowest BCUT2D eigenvalue weighted by Gasteiger charge is -2.43. The summed E-state index contributed by atoms with van der Waals surface area (Å²) in [6, 6.07) is 7.89. The van der Waals surface area contributed by atoms with Crippen LogP contribution in [0.5, 0.6) is 0 Å². The van der Waals surface area contributed by atoms with Crippen LogP contribution in [0.25, 0.3) is 0 Å². The fourth-order valence-corrected chi connectivity index (χ4v) is 5.01. The summed E-state index contributed by atoms with van der Waals surface area (Å²) in [4.78, 5) is 26.1. The summed E-state index contributed by atoms with van der Waals surface area (Å²) in [7, 11) is 0. The number of hydrogen-bond donors (Lipinski definition) is 1. The molecule has 0 spiro atoms. The van der Waals surface area contributed by atoms with Crippen molar-refractivity contribution < 1.29 is 4.79 Å². The maximum absolute atomic E-state index is 12.2. The highest BCUT2D eigenvalue weighted by atomic mass is 35.5. The predicted molar refractivity (Wildman–Crippen MR) is 125 cm³/mol. The molecule has 0 saturated carbocycles. The molecule has 1 saturated heterocycles. The van der Waals surface area contributed by atoms with Gasteiger partial charge in [-0.2, -0.15) is 0 Å². The lowest BCUT2D eigenvalue weighted by molar-refractivity contribution is -0.111. The van der Waals surface area contributed by atoms with E-state index >= 15 is 0 Å². The first-order valence-electron chi connectivity index (χ1n) is 11.3. The van der Waals surface area contributed by atoms with Crippen LogP contribution >= 0.6 is 11.6 Å². The lowest BCUT2D eigenvalue weighted by atomic mass is 9.95. The average Bonchev–Trinajstić information content (AvgIpc) is 3.16. The number of carbonyl (C=O) groups excluding carboxylic acids is 1. The Labute approximate surface area is 190 Å². The molecule has 1 aliphatic heterocycles. The molecule has 0 amide bonds. The van der Waals surface area contributed by atoms with Gasteiger partial charge in [0.25, 0.3) is 0 Å². The molecule has 2 unspecified atom stereocenters. The number of piperazine rings is 1. The summed E-state index contributed by atoms with van der Waals surface area (Å²) in [5.74, 6) is 1.37. The molecule has 2 aliphatic rings. The molecule has 1 aromatic carbocycles. The second kappa shape index (κ2) is 9.63. The number of benzene rings is 1. The number of hydrogen-bond acceptors (Lipinski definition) is 6.